The number of ether oxygens (including phenoxy) is 1. The predicted octanol–water partition coefficient (Wildman–Crippen LogP) is 7.35. The number of hydrogen-bond acceptors (Lipinski definition) is 3. The van der Waals surface area contributed by atoms with E-state index < -0.39 is 8.32 Å². The first kappa shape index (κ1) is 24.9. The lowest BCUT2D eigenvalue weighted by atomic mass is 9.61. The van der Waals surface area contributed by atoms with E-state index in [-0.39, 0.29) is 17.1 Å². The number of carbonyl (C=O) groups is 1. The molecule has 0 radical (unpaired) electrons. The minimum absolute atomic E-state index is 0.00510. The zero-order valence-electron chi connectivity index (χ0n) is 20.8. The van der Waals surface area contributed by atoms with E-state index in [1.54, 1.807) is 0 Å². The summed E-state index contributed by atoms with van der Waals surface area (Å²) in [6, 6.07) is 0. The van der Waals surface area contributed by atoms with E-state index in [4.69, 9.17) is 9.16 Å². The smallest absolute Gasteiger partial charge is 0.306 e. The molecule has 0 N–H and O–H groups in total. The number of fused-ring (bicyclic) bond motifs is 1. The average molecular weight is 425 g/mol. The molecular formula is C25H48O3Si. The van der Waals surface area contributed by atoms with Gasteiger partial charge >= 0.3 is 5.97 Å². The van der Waals surface area contributed by atoms with E-state index in [1.165, 1.54) is 32.1 Å². The Balaban J connectivity index is 1.97. The van der Waals surface area contributed by atoms with Crippen molar-refractivity contribution in [1.29, 1.82) is 0 Å². The van der Waals surface area contributed by atoms with Crippen molar-refractivity contribution in [3.05, 3.63) is 0 Å². The van der Waals surface area contributed by atoms with Crippen LogP contribution in [0, 0.1) is 23.2 Å². The first-order valence-electron chi connectivity index (χ1n) is 12.1. The van der Waals surface area contributed by atoms with Crippen molar-refractivity contribution in [3.63, 3.8) is 0 Å². The number of rotatable bonds is 8. The third-order valence-corrected chi connectivity index (χ3v) is 13.0. The van der Waals surface area contributed by atoms with E-state index in [9.17, 15) is 4.79 Å². The molecule has 0 spiro atoms. The van der Waals surface area contributed by atoms with Gasteiger partial charge < -0.3 is 9.16 Å². The summed E-state index contributed by atoms with van der Waals surface area (Å²) in [4.78, 5) is 11.9. The minimum Gasteiger partial charge on any atom is -0.463 e. The molecule has 2 rings (SSSR count). The number of carbonyl (C=O) groups excluding carboxylic acids is 1. The molecule has 170 valence electrons. The maximum atomic E-state index is 11.9. The second-order valence-electron chi connectivity index (χ2n) is 12.0. The van der Waals surface area contributed by atoms with E-state index in [1.807, 2.05) is 13.8 Å². The highest BCUT2D eigenvalue weighted by molar-refractivity contribution is 6.74. The Kier molecular flexibility index (Phi) is 8.09. The van der Waals surface area contributed by atoms with Crippen LogP contribution in [-0.4, -0.2) is 26.5 Å². The highest BCUT2D eigenvalue weighted by Crippen LogP contribution is 2.59. The molecule has 2 saturated carbocycles. The number of esters is 1. The van der Waals surface area contributed by atoms with Crippen molar-refractivity contribution in [1.82, 2.24) is 0 Å². The summed E-state index contributed by atoms with van der Waals surface area (Å²) in [7, 11) is -1.73. The van der Waals surface area contributed by atoms with E-state index in [0.29, 0.717) is 29.8 Å². The van der Waals surface area contributed by atoms with Crippen molar-refractivity contribution < 1.29 is 14.0 Å². The van der Waals surface area contributed by atoms with Crippen LogP contribution >= 0.6 is 0 Å². The Labute approximate surface area is 181 Å². The molecule has 1 unspecified atom stereocenters. The zero-order chi connectivity index (χ0) is 22.0. The monoisotopic (exact) mass is 424 g/mol. The van der Waals surface area contributed by atoms with Gasteiger partial charge in [-0.15, -0.1) is 0 Å². The van der Waals surface area contributed by atoms with Crippen LogP contribution in [0.1, 0.15) is 99.8 Å². The number of hydrogen-bond donors (Lipinski definition) is 0. The van der Waals surface area contributed by atoms with Gasteiger partial charge in [-0.1, -0.05) is 41.0 Å². The van der Waals surface area contributed by atoms with Gasteiger partial charge in [0.1, 0.15) is 0 Å². The van der Waals surface area contributed by atoms with Gasteiger partial charge in [-0.2, -0.15) is 0 Å². The van der Waals surface area contributed by atoms with Gasteiger partial charge in [0.2, 0.25) is 0 Å². The summed E-state index contributed by atoms with van der Waals surface area (Å²) in [5.74, 6) is 2.11. The van der Waals surface area contributed by atoms with E-state index >= 15 is 0 Å². The summed E-state index contributed by atoms with van der Waals surface area (Å²) >= 11 is 0. The predicted molar refractivity (Wildman–Crippen MR) is 124 cm³/mol. The van der Waals surface area contributed by atoms with Gasteiger partial charge in [-0.05, 0) is 93.7 Å². The summed E-state index contributed by atoms with van der Waals surface area (Å²) in [5, 5.41) is 0.275. The van der Waals surface area contributed by atoms with Crippen LogP contribution in [0.4, 0.5) is 0 Å². The summed E-state index contributed by atoms with van der Waals surface area (Å²) in [6.45, 7) is 20.7. The van der Waals surface area contributed by atoms with Crippen LogP contribution in [0.15, 0.2) is 0 Å². The topological polar surface area (TPSA) is 35.5 Å². The van der Waals surface area contributed by atoms with Crippen molar-refractivity contribution in [3.8, 4) is 0 Å². The summed E-state index contributed by atoms with van der Waals surface area (Å²) < 4.78 is 12.3. The molecule has 0 bridgehead atoms. The highest BCUT2D eigenvalue weighted by Gasteiger charge is 2.54. The third-order valence-electron chi connectivity index (χ3n) is 8.48. The SMILES string of the molecule is CC(C)OC(=O)CCC[C@H](C)[C@H]1CC[C@H]2C(O[Si](C)(C)C(C)(C)C)CCC[C@]12C. The molecule has 2 fully saturated rings. The molecule has 5 atom stereocenters. The van der Waals surface area contributed by atoms with Gasteiger partial charge in [-0.25, -0.2) is 0 Å². The summed E-state index contributed by atoms with van der Waals surface area (Å²) in [6.07, 6.45) is 9.64. The largest absolute Gasteiger partial charge is 0.463 e. The maximum Gasteiger partial charge on any atom is 0.306 e. The molecule has 2 aliphatic rings. The van der Waals surface area contributed by atoms with Gasteiger partial charge in [0.05, 0.1) is 6.10 Å². The van der Waals surface area contributed by atoms with E-state index in [2.05, 4.69) is 47.7 Å². The molecule has 2 aliphatic carbocycles. The highest BCUT2D eigenvalue weighted by atomic mass is 28.4. The van der Waals surface area contributed by atoms with Crippen molar-refractivity contribution in [2.75, 3.05) is 0 Å². The molecule has 0 amide bonds. The van der Waals surface area contributed by atoms with Crippen LogP contribution in [0.5, 0.6) is 0 Å². The van der Waals surface area contributed by atoms with Crippen LogP contribution in [0.3, 0.4) is 0 Å². The molecule has 0 aromatic rings. The first-order chi connectivity index (χ1) is 13.3. The van der Waals surface area contributed by atoms with E-state index in [0.717, 1.165) is 18.8 Å². The molecule has 0 aromatic heterocycles. The quantitative estimate of drug-likeness (QED) is 0.302. The van der Waals surface area contributed by atoms with Gasteiger partial charge in [0.25, 0.3) is 0 Å². The lowest BCUT2D eigenvalue weighted by Gasteiger charge is -2.50. The first-order valence-corrected chi connectivity index (χ1v) is 15.1. The van der Waals surface area contributed by atoms with Crippen molar-refractivity contribution >= 4 is 14.3 Å². The molecule has 0 aromatic carbocycles. The summed E-state index contributed by atoms with van der Waals surface area (Å²) in [5.41, 5.74) is 0.406. The Morgan fingerprint density at radius 3 is 2.38 bits per heavy atom. The molecular weight excluding hydrogens is 376 g/mol. The lowest BCUT2D eigenvalue weighted by Crippen LogP contribution is -2.50. The lowest BCUT2D eigenvalue weighted by molar-refractivity contribution is -0.147. The molecule has 4 heteroatoms. The third kappa shape index (κ3) is 5.87. The maximum absolute atomic E-state index is 11.9. The molecule has 0 heterocycles. The van der Waals surface area contributed by atoms with Crippen LogP contribution in [-0.2, 0) is 14.0 Å². The average Bonchev–Trinajstić information content (AvgIpc) is 2.90. The Morgan fingerprint density at radius 2 is 1.79 bits per heavy atom. The standard InChI is InChI=1S/C25H48O3Si/c1-18(2)27-23(26)14-10-12-19(3)20-15-16-21-22(13-11-17-25(20,21)7)28-29(8,9)24(4,5)6/h18-22H,10-17H2,1-9H3/t19-,20+,21-,22?,25+/m0/s1. The van der Waals surface area contributed by atoms with Crippen LogP contribution in [0.25, 0.3) is 0 Å². The Bertz CT molecular complexity index is 551. The second-order valence-corrected chi connectivity index (χ2v) is 16.8. The second kappa shape index (κ2) is 9.42. The van der Waals surface area contributed by atoms with Gasteiger partial charge in [0, 0.05) is 12.5 Å². The fourth-order valence-corrected chi connectivity index (χ4v) is 7.27. The molecule has 29 heavy (non-hydrogen) atoms. The van der Waals surface area contributed by atoms with Crippen molar-refractivity contribution in [2.24, 2.45) is 23.2 Å². The van der Waals surface area contributed by atoms with Crippen molar-refractivity contribution in [2.45, 2.75) is 130 Å². The molecule has 0 aliphatic heterocycles. The zero-order valence-corrected chi connectivity index (χ0v) is 21.8. The Hall–Kier alpha value is -0.353. The van der Waals surface area contributed by atoms with Gasteiger partial charge in [-0.3, -0.25) is 4.79 Å². The van der Waals surface area contributed by atoms with Crippen LogP contribution in [0.2, 0.25) is 18.1 Å². The molecule has 0 saturated heterocycles. The fraction of sp³-hybridized carbons (Fsp3) is 0.960. The minimum atomic E-state index is -1.73. The Morgan fingerprint density at radius 1 is 1.14 bits per heavy atom. The fourth-order valence-electron chi connectivity index (χ4n) is 5.88. The molecule has 3 nitrogen and oxygen atoms in total. The van der Waals surface area contributed by atoms with Crippen LogP contribution < -0.4 is 0 Å². The van der Waals surface area contributed by atoms with Gasteiger partial charge in [0.15, 0.2) is 8.32 Å². The normalized spacial score (nSPS) is 31.6.